The smallest absolute Gasteiger partial charge is 0.00958 e. The van der Waals surface area contributed by atoms with E-state index in [0.717, 1.165) is 17.9 Å². The molecule has 3 unspecified atom stereocenters. The predicted octanol–water partition coefficient (Wildman–Crippen LogP) is 3.67. The van der Waals surface area contributed by atoms with Crippen LogP contribution in [0.4, 0.5) is 0 Å². The first-order chi connectivity index (χ1) is 9.33. The van der Waals surface area contributed by atoms with Gasteiger partial charge in [0.1, 0.15) is 0 Å². The van der Waals surface area contributed by atoms with Gasteiger partial charge in [-0.2, -0.15) is 0 Å². The van der Waals surface area contributed by atoms with E-state index in [9.17, 15) is 0 Å². The third-order valence-corrected chi connectivity index (χ3v) is 5.31. The maximum atomic E-state index is 3.77. The average molecular weight is 266 g/mol. The zero-order valence-electron chi connectivity index (χ0n) is 13.2. The van der Waals surface area contributed by atoms with E-state index in [0.29, 0.717) is 0 Å². The Bertz CT molecular complexity index is 241. The first kappa shape index (κ1) is 15.3. The molecule has 0 amide bonds. The zero-order chi connectivity index (χ0) is 13.5. The summed E-state index contributed by atoms with van der Waals surface area (Å²) in [6, 6.07) is 0.826. The number of hydrogen-bond donors (Lipinski definition) is 1. The van der Waals surface area contributed by atoms with E-state index >= 15 is 0 Å². The summed E-state index contributed by atoms with van der Waals surface area (Å²) < 4.78 is 0. The largest absolute Gasteiger partial charge is 0.314 e. The fourth-order valence-corrected chi connectivity index (χ4v) is 4.02. The van der Waals surface area contributed by atoms with Gasteiger partial charge in [0.15, 0.2) is 0 Å². The number of piperidine rings is 1. The van der Waals surface area contributed by atoms with Gasteiger partial charge in [-0.25, -0.2) is 0 Å². The Morgan fingerprint density at radius 3 is 2.79 bits per heavy atom. The standard InChI is InChI=1S/C17H34N2/c1-3-11-18-17-9-5-8-16(17)10-13-19-12-6-7-15(4-2)14-19/h15-18H,3-14H2,1-2H3. The molecule has 2 nitrogen and oxygen atoms in total. The molecule has 0 spiro atoms. The van der Waals surface area contributed by atoms with Crippen LogP contribution in [0, 0.1) is 11.8 Å². The van der Waals surface area contributed by atoms with E-state index < -0.39 is 0 Å². The summed E-state index contributed by atoms with van der Waals surface area (Å²) in [5.41, 5.74) is 0. The van der Waals surface area contributed by atoms with Crippen molar-refractivity contribution in [1.29, 1.82) is 0 Å². The summed E-state index contributed by atoms with van der Waals surface area (Å²) in [6.07, 6.45) is 11.3. The summed E-state index contributed by atoms with van der Waals surface area (Å²) in [6.45, 7) is 9.92. The van der Waals surface area contributed by atoms with Crippen molar-refractivity contribution in [3.05, 3.63) is 0 Å². The molecule has 1 aliphatic carbocycles. The second-order valence-corrected chi connectivity index (χ2v) is 6.76. The van der Waals surface area contributed by atoms with Crippen LogP contribution in [0.3, 0.4) is 0 Å². The van der Waals surface area contributed by atoms with Crippen LogP contribution in [0.25, 0.3) is 0 Å². The summed E-state index contributed by atoms with van der Waals surface area (Å²) in [5.74, 6) is 1.93. The predicted molar refractivity (Wildman–Crippen MR) is 83.5 cm³/mol. The second kappa shape index (κ2) is 8.26. The molecule has 112 valence electrons. The van der Waals surface area contributed by atoms with Crippen molar-refractivity contribution in [3.8, 4) is 0 Å². The fourth-order valence-electron chi connectivity index (χ4n) is 4.02. The summed E-state index contributed by atoms with van der Waals surface area (Å²) >= 11 is 0. The lowest BCUT2D eigenvalue weighted by atomic mass is 9.94. The molecule has 3 atom stereocenters. The number of nitrogens with one attached hydrogen (secondary N) is 1. The highest BCUT2D eigenvalue weighted by Crippen LogP contribution is 2.29. The van der Waals surface area contributed by atoms with Crippen molar-refractivity contribution < 1.29 is 0 Å². The van der Waals surface area contributed by atoms with Gasteiger partial charge < -0.3 is 10.2 Å². The van der Waals surface area contributed by atoms with Gasteiger partial charge in [0.25, 0.3) is 0 Å². The van der Waals surface area contributed by atoms with Crippen molar-refractivity contribution in [2.45, 2.75) is 71.3 Å². The van der Waals surface area contributed by atoms with E-state index in [4.69, 9.17) is 0 Å². The van der Waals surface area contributed by atoms with Crippen LogP contribution in [0.15, 0.2) is 0 Å². The van der Waals surface area contributed by atoms with Gasteiger partial charge in [0, 0.05) is 12.6 Å². The quantitative estimate of drug-likeness (QED) is 0.756. The third kappa shape index (κ3) is 4.75. The van der Waals surface area contributed by atoms with Crippen LogP contribution in [-0.4, -0.2) is 37.1 Å². The zero-order valence-corrected chi connectivity index (χ0v) is 13.2. The molecule has 2 aliphatic rings. The van der Waals surface area contributed by atoms with Crippen LogP contribution in [0.1, 0.15) is 65.2 Å². The van der Waals surface area contributed by atoms with E-state index in [2.05, 4.69) is 24.1 Å². The van der Waals surface area contributed by atoms with Gasteiger partial charge in [0.05, 0.1) is 0 Å². The Hall–Kier alpha value is -0.0800. The van der Waals surface area contributed by atoms with Crippen molar-refractivity contribution in [3.63, 3.8) is 0 Å². The SMILES string of the molecule is CCCNC1CCCC1CCN1CCCC(CC)C1. The molecule has 19 heavy (non-hydrogen) atoms. The normalized spacial score (nSPS) is 32.8. The first-order valence-corrected chi connectivity index (χ1v) is 8.79. The monoisotopic (exact) mass is 266 g/mol. The lowest BCUT2D eigenvalue weighted by molar-refractivity contribution is 0.159. The molecule has 0 aromatic heterocycles. The van der Waals surface area contributed by atoms with Gasteiger partial charge in [-0.15, -0.1) is 0 Å². The average Bonchev–Trinajstić information content (AvgIpc) is 2.90. The van der Waals surface area contributed by atoms with Gasteiger partial charge in [-0.05, 0) is 70.0 Å². The third-order valence-electron chi connectivity index (χ3n) is 5.31. The molecule has 0 radical (unpaired) electrons. The van der Waals surface area contributed by atoms with E-state index in [1.54, 1.807) is 0 Å². The molecule has 2 rings (SSSR count). The highest BCUT2D eigenvalue weighted by Gasteiger charge is 2.27. The van der Waals surface area contributed by atoms with E-state index in [-0.39, 0.29) is 0 Å². The summed E-state index contributed by atoms with van der Waals surface area (Å²) in [4.78, 5) is 2.74. The molecule has 0 bridgehead atoms. The Morgan fingerprint density at radius 1 is 1.11 bits per heavy atom. The molecular formula is C17H34N2. The minimum Gasteiger partial charge on any atom is -0.314 e. The van der Waals surface area contributed by atoms with Crippen molar-refractivity contribution in [2.75, 3.05) is 26.2 Å². The molecule has 2 heteroatoms. The van der Waals surface area contributed by atoms with Crippen LogP contribution >= 0.6 is 0 Å². The Kier molecular flexibility index (Phi) is 6.66. The van der Waals surface area contributed by atoms with Crippen LogP contribution in [-0.2, 0) is 0 Å². The first-order valence-electron chi connectivity index (χ1n) is 8.79. The Balaban J connectivity index is 1.68. The number of likely N-dealkylation sites (tertiary alicyclic amines) is 1. The number of hydrogen-bond acceptors (Lipinski definition) is 2. The summed E-state index contributed by atoms with van der Waals surface area (Å²) in [7, 11) is 0. The molecular weight excluding hydrogens is 232 g/mol. The van der Waals surface area contributed by atoms with Crippen LogP contribution in [0.5, 0.6) is 0 Å². The topological polar surface area (TPSA) is 15.3 Å². The summed E-state index contributed by atoms with van der Waals surface area (Å²) in [5, 5.41) is 3.77. The Morgan fingerprint density at radius 2 is 2.00 bits per heavy atom. The minimum absolute atomic E-state index is 0.826. The highest BCUT2D eigenvalue weighted by atomic mass is 15.1. The lowest BCUT2D eigenvalue weighted by Gasteiger charge is -2.33. The van der Waals surface area contributed by atoms with E-state index in [1.807, 2.05) is 0 Å². The Labute approximate surface area is 120 Å². The molecule has 2 fully saturated rings. The molecule has 1 N–H and O–H groups in total. The van der Waals surface area contributed by atoms with Crippen molar-refractivity contribution in [2.24, 2.45) is 11.8 Å². The van der Waals surface area contributed by atoms with Gasteiger partial charge in [-0.1, -0.05) is 26.7 Å². The highest BCUT2D eigenvalue weighted by molar-refractivity contribution is 4.84. The minimum atomic E-state index is 0.826. The van der Waals surface area contributed by atoms with Crippen LogP contribution < -0.4 is 5.32 Å². The molecule has 1 aliphatic heterocycles. The second-order valence-electron chi connectivity index (χ2n) is 6.76. The maximum Gasteiger partial charge on any atom is 0.00958 e. The van der Waals surface area contributed by atoms with Crippen molar-refractivity contribution in [1.82, 2.24) is 10.2 Å². The van der Waals surface area contributed by atoms with E-state index in [1.165, 1.54) is 77.5 Å². The maximum absolute atomic E-state index is 3.77. The van der Waals surface area contributed by atoms with Gasteiger partial charge >= 0.3 is 0 Å². The van der Waals surface area contributed by atoms with Gasteiger partial charge in [-0.3, -0.25) is 0 Å². The molecule has 0 aromatic carbocycles. The molecule has 1 saturated heterocycles. The molecule has 1 saturated carbocycles. The lowest BCUT2D eigenvalue weighted by Crippen LogP contribution is -2.38. The fraction of sp³-hybridized carbons (Fsp3) is 1.00. The number of nitrogens with zero attached hydrogens (tertiary/aromatic N) is 1. The molecule has 0 aromatic rings. The van der Waals surface area contributed by atoms with Crippen LogP contribution in [0.2, 0.25) is 0 Å². The molecule has 1 heterocycles. The number of rotatable bonds is 7. The van der Waals surface area contributed by atoms with Crippen molar-refractivity contribution >= 4 is 0 Å². The van der Waals surface area contributed by atoms with Gasteiger partial charge in [0.2, 0.25) is 0 Å².